The molecule has 14 heavy (non-hydrogen) atoms. The van der Waals surface area contributed by atoms with Gasteiger partial charge in [0.05, 0.1) is 0 Å². The third-order valence-electron chi connectivity index (χ3n) is 2.19. The zero-order chi connectivity index (χ0) is 9.54. The zero-order valence-electron chi connectivity index (χ0n) is 7.19. The van der Waals surface area contributed by atoms with Gasteiger partial charge in [0.25, 0.3) is 0 Å². The van der Waals surface area contributed by atoms with Crippen LogP contribution in [-0.4, -0.2) is 15.6 Å². The third-order valence-corrected chi connectivity index (χ3v) is 2.65. The van der Waals surface area contributed by atoms with Crippen LogP contribution in [0.1, 0.15) is 0 Å². The van der Waals surface area contributed by atoms with Gasteiger partial charge in [0.15, 0.2) is 0 Å². The summed E-state index contributed by atoms with van der Waals surface area (Å²) in [6.45, 7) is 0. The van der Waals surface area contributed by atoms with Crippen LogP contribution >= 0.6 is 0 Å². The first-order chi connectivity index (χ1) is 6.83. The maximum absolute atomic E-state index is 5.52. The summed E-state index contributed by atoms with van der Waals surface area (Å²) in [5, 5.41) is 2.18. The monoisotopic (exact) mass is 250 g/mol. The summed E-state index contributed by atoms with van der Waals surface area (Å²) in [7, 11) is 0. The number of hydrogen-bond donors (Lipinski definition) is 0. The van der Waals surface area contributed by atoms with Crippen LogP contribution in [0, 0.1) is 4.26 Å². The minimum absolute atomic E-state index is 0.781. The van der Waals surface area contributed by atoms with Crippen LogP contribution in [-0.2, 0) is 0 Å². The summed E-state index contributed by atoms with van der Waals surface area (Å²) < 4.78 is 11.6. The van der Waals surface area contributed by atoms with E-state index in [9.17, 15) is 0 Å². The third kappa shape index (κ3) is 1.14. The van der Waals surface area contributed by atoms with Gasteiger partial charge in [-0.1, -0.05) is 0 Å². The number of hydrogen-bond acceptors (Lipinski definition) is 2. The standard InChI is InChI=1S/C11H6O2Se/c14-11-2-1-7-5-8-3-4-12-9(8)6-10(7)13-11/h1-6H. The molecule has 0 radical (unpaired) electrons. The SMILES string of the molecule is [Se]=c1ccc2cc3ccoc3cc2o1. The molecule has 3 heteroatoms. The molecule has 0 aliphatic carbocycles. The van der Waals surface area contributed by atoms with Gasteiger partial charge in [-0.15, -0.1) is 0 Å². The zero-order valence-corrected chi connectivity index (χ0v) is 8.90. The van der Waals surface area contributed by atoms with Crippen LogP contribution in [0.25, 0.3) is 21.9 Å². The molecule has 0 saturated heterocycles. The first-order valence-electron chi connectivity index (χ1n) is 4.24. The minimum atomic E-state index is 0.781. The van der Waals surface area contributed by atoms with Crippen molar-refractivity contribution in [2.75, 3.05) is 0 Å². The van der Waals surface area contributed by atoms with Gasteiger partial charge >= 0.3 is 87.2 Å². The first-order valence-corrected chi connectivity index (χ1v) is 5.10. The van der Waals surface area contributed by atoms with E-state index in [0.29, 0.717) is 0 Å². The van der Waals surface area contributed by atoms with Gasteiger partial charge in [-0.25, -0.2) is 0 Å². The Morgan fingerprint density at radius 1 is 0.929 bits per heavy atom. The summed E-state index contributed by atoms with van der Waals surface area (Å²) in [5.41, 5.74) is 1.69. The molecule has 3 aromatic rings. The molecule has 0 aliphatic heterocycles. The van der Waals surface area contributed by atoms with E-state index < -0.39 is 0 Å². The molecular weight excluding hydrogens is 243 g/mol. The fourth-order valence-electron chi connectivity index (χ4n) is 1.53. The van der Waals surface area contributed by atoms with Crippen molar-refractivity contribution in [2.45, 2.75) is 0 Å². The van der Waals surface area contributed by atoms with Crippen LogP contribution in [0.4, 0.5) is 0 Å². The van der Waals surface area contributed by atoms with Crippen LogP contribution in [0.2, 0.25) is 0 Å². The molecular formula is C11H6O2Se. The fourth-order valence-corrected chi connectivity index (χ4v) is 1.86. The molecule has 1 aromatic carbocycles. The Bertz CT molecular complexity index is 663. The second-order valence-corrected chi connectivity index (χ2v) is 3.95. The fraction of sp³-hybridized carbons (Fsp3) is 0. The van der Waals surface area contributed by atoms with Gasteiger partial charge in [-0.3, -0.25) is 0 Å². The quantitative estimate of drug-likeness (QED) is 0.572. The summed E-state index contributed by atoms with van der Waals surface area (Å²) in [6.07, 6.45) is 1.68. The molecule has 68 valence electrons. The average molecular weight is 249 g/mol. The van der Waals surface area contributed by atoms with Gasteiger partial charge < -0.3 is 0 Å². The van der Waals surface area contributed by atoms with E-state index in [2.05, 4.69) is 21.6 Å². The van der Waals surface area contributed by atoms with Crippen molar-refractivity contribution in [1.82, 2.24) is 0 Å². The second-order valence-electron chi connectivity index (χ2n) is 3.10. The van der Waals surface area contributed by atoms with Crippen LogP contribution in [0.3, 0.4) is 0 Å². The van der Waals surface area contributed by atoms with Gasteiger partial charge in [0.2, 0.25) is 0 Å². The summed E-state index contributed by atoms with van der Waals surface area (Å²) in [4.78, 5) is 0. The molecule has 0 fully saturated rings. The van der Waals surface area contributed by atoms with E-state index in [1.807, 2.05) is 24.3 Å². The topological polar surface area (TPSA) is 26.3 Å². The van der Waals surface area contributed by atoms with E-state index in [4.69, 9.17) is 8.83 Å². The molecule has 0 bridgehead atoms. The van der Waals surface area contributed by atoms with Crippen molar-refractivity contribution in [2.24, 2.45) is 0 Å². The second kappa shape index (κ2) is 2.84. The molecule has 0 aliphatic rings. The van der Waals surface area contributed by atoms with Crippen LogP contribution in [0.15, 0.2) is 45.4 Å². The van der Waals surface area contributed by atoms with Crippen molar-refractivity contribution in [1.29, 1.82) is 0 Å². The van der Waals surface area contributed by atoms with E-state index in [1.54, 1.807) is 6.26 Å². The van der Waals surface area contributed by atoms with Crippen molar-refractivity contribution in [3.8, 4) is 0 Å². The van der Waals surface area contributed by atoms with Gasteiger partial charge in [0.1, 0.15) is 0 Å². The molecule has 0 saturated carbocycles. The normalized spacial score (nSPS) is 11.1. The predicted molar refractivity (Wildman–Crippen MR) is 55.0 cm³/mol. The molecule has 2 heterocycles. The first kappa shape index (κ1) is 8.04. The molecule has 0 unspecified atom stereocenters. The van der Waals surface area contributed by atoms with E-state index in [0.717, 1.165) is 26.2 Å². The molecule has 0 N–H and O–H groups in total. The van der Waals surface area contributed by atoms with Crippen molar-refractivity contribution in [3.63, 3.8) is 0 Å². The average Bonchev–Trinajstić information content (AvgIpc) is 2.61. The van der Waals surface area contributed by atoms with Crippen molar-refractivity contribution < 1.29 is 8.83 Å². The Balaban J connectivity index is 2.56. The van der Waals surface area contributed by atoms with Crippen molar-refractivity contribution in [3.05, 3.63) is 40.9 Å². The number of benzene rings is 1. The van der Waals surface area contributed by atoms with Crippen LogP contribution in [0.5, 0.6) is 0 Å². The van der Waals surface area contributed by atoms with E-state index >= 15 is 0 Å². The van der Waals surface area contributed by atoms with Gasteiger partial charge in [-0.05, 0) is 0 Å². The van der Waals surface area contributed by atoms with Crippen LogP contribution < -0.4 is 0 Å². The maximum atomic E-state index is 5.52. The number of furan rings is 1. The van der Waals surface area contributed by atoms with E-state index in [-0.39, 0.29) is 0 Å². The summed E-state index contributed by atoms with van der Waals surface area (Å²) in [6, 6.07) is 9.84. The Hall–Kier alpha value is -1.31. The summed E-state index contributed by atoms with van der Waals surface area (Å²) >= 11 is 2.84. The van der Waals surface area contributed by atoms with Gasteiger partial charge in [0, 0.05) is 0 Å². The Kier molecular flexibility index (Phi) is 1.63. The van der Waals surface area contributed by atoms with Gasteiger partial charge in [-0.2, -0.15) is 0 Å². The Labute approximate surface area is 87.5 Å². The molecule has 2 aromatic heterocycles. The molecule has 0 spiro atoms. The summed E-state index contributed by atoms with van der Waals surface area (Å²) in [5.74, 6) is 0. The molecule has 3 rings (SSSR count). The predicted octanol–water partition coefficient (Wildman–Crippen LogP) is 2.88. The number of rotatable bonds is 0. The Morgan fingerprint density at radius 3 is 2.71 bits per heavy atom. The molecule has 0 amide bonds. The molecule has 0 atom stereocenters. The molecule has 2 nitrogen and oxygen atoms in total. The van der Waals surface area contributed by atoms with E-state index in [1.165, 1.54) is 0 Å². The number of fused-ring (bicyclic) bond motifs is 2. The Morgan fingerprint density at radius 2 is 1.79 bits per heavy atom. The van der Waals surface area contributed by atoms with Crippen molar-refractivity contribution >= 4 is 37.5 Å².